The van der Waals surface area contributed by atoms with Gasteiger partial charge in [-0.3, -0.25) is 0 Å². The van der Waals surface area contributed by atoms with Gasteiger partial charge in [0.25, 0.3) is 0 Å². The summed E-state index contributed by atoms with van der Waals surface area (Å²) < 4.78 is 73.1. The van der Waals surface area contributed by atoms with Crippen LogP contribution >= 0.6 is 15.9 Å². The summed E-state index contributed by atoms with van der Waals surface area (Å²) in [5, 5.41) is 23.8. The number of hydrogen-bond donors (Lipinski definition) is 5. The number of halogens is 1. The van der Waals surface area contributed by atoms with Crippen LogP contribution in [0.2, 0.25) is 0 Å². The smallest absolute Gasteiger partial charge is 0.241 e. The van der Waals surface area contributed by atoms with E-state index < -0.39 is 20.0 Å². The molecule has 316 valence electrons. The molecule has 57 heavy (non-hydrogen) atoms. The summed E-state index contributed by atoms with van der Waals surface area (Å²) in [7, 11) is -6.25. The number of sulfonamides is 2. The van der Waals surface area contributed by atoms with Crippen molar-refractivity contribution in [3.05, 3.63) is 102 Å². The second-order valence-electron chi connectivity index (χ2n) is 12.6. The molecule has 0 amide bonds. The molecule has 0 spiro atoms. The van der Waals surface area contributed by atoms with Crippen molar-refractivity contribution in [1.82, 2.24) is 5.32 Å². The molecule has 0 aromatic heterocycles. The predicted molar refractivity (Wildman–Crippen MR) is 227 cm³/mol. The van der Waals surface area contributed by atoms with Crippen molar-refractivity contribution in [3.63, 3.8) is 0 Å². The molecule has 0 bridgehead atoms. The number of nitrogens with two attached hydrogens (primary N) is 3. The molecule has 4 aromatic rings. The largest absolute Gasteiger partial charge is 0.495 e. The minimum Gasteiger partial charge on any atom is -0.495 e. The van der Waals surface area contributed by atoms with Crippen LogP contribution in [0.1, 0.15) is 44.4 Å². The molecule has 0 heterocycles. The third kappa shape index (κ3) is 18.0. The topological polar surface area (TPSA) is 225 Å². The van der Waals surface area contributed by atoms with E-state index in [-0.39, 0.29) is 34.2 Å². The van der Waals surface area contributed by atoms with Crippen LogP contribution in [0, 0.1) is 0 Å². The standard InChI is InChI=1S/C20H28N2O5S.C10H13BrO2.C10H16N2O3S/c1-3-26-18-6-4-5-7-19(18)27-11-10-22-15(2)12-16-8-9-17(14-23)20(13-16)28(21,24)25;1-2-12-9-5-3-4-6-10(9)13-8-7-11;1-7(11)5-8-3-4-9(15-2)10(6-8)16(12,13)14/h4-9,13,15,22-23H,3,10-12,14H2,1-2H3,(H2,21,24,25);3-6H,2,7-8H2,1H3;3-4,6-7H,5,11H2,1-2H3,(H2,12,13,14)/t15-;;7-/m1.1/s1. The van der Waals surface area contributed by atoms with Gasteiger partial charge in [0.1, 0.15) is 17.3 Å². The molecular formula is C40H57BrN4O10S2. The van der Waals surface area contributed by atoms with Gasteiger partial charge in [0.05, 0.1) is 38.4 Å². The highest BCUT2D eigenvalue weighted by Gasteiger charge is 2.17. The van der Waals surface area contributed by atoms with Crippen LogP contribution in [0.5, 0.6) is 28.7 Å². The van der Waals surface area contributed by atoms with Crippen LogP contribution < -0.4 is 45.0 Å². The molecule has 17 heteroatoms. The van der Waals surface area contributed by atoms with E-state index in [0.29, 0.717) is 57.1 Å². The van der Waals surface area contributed by atoms with Crippen LogP contribution in [0.3, 0.4) is 0 Å². The zero-order valence-electron chi connectivity index (χ0n) is 33.1. The van der Waals surface area contributed by atoms with E-state index in [2.05, 4.69) is 21.2 Å². The number of nitrogens with one attached hydrogen (secondary N) is 1. The summed E-state index contributed by atoms with van der Waals surface area (Å²) in [6, 6.07) is 25.0. The van der Waals surface area contributed by atoms with Crippen LogP contribution in [-0.4, -0.2) is 79.4 Å². The molecule has 0 aliphatic heterocycles. The summed E-state index contributed by atoms with van der Waals surface area (Å²) in [5.41, 5.74) is 7.58. The molecule has 2 atom stereocenters. The van der Waals surface area contributed by atoms with Crippen molar-refractivity contribution < 1.29 is 45.6 Å². The molecule has 0 saturated heterocycles. The van der Waals surface area contributed by atoms with Gasteiger partial charge in [-0.15, -0.1) is 0 Å². The molecular weight excluding hydrogens is 840 g/mol. The average molecular weight is 898 g/mol. The first-order valence-corrected chi connectivity index (χ1v) is 22.5. The second-order valence-corrected chi connectivity index (χ2v) is 16.4. The van der Waals surface area contributed by atoms with E-state index in [4.69, 9.17) is 39.7 Å². The Morgan fingerprint density at radius 1 is 0.684 bits per heavy atom. The fourth-order valence-corrected chi connectivity index (χ4v) is 7.02. The number of primary sulfonamides is 2. The third-order valence-electron chi connectivity index (χ3n) is 7.73. The van der Waals surface area contributed by atoms with Gasteiger partial charge in [0, 0.05) is 24.0 Å². The molecule has 0 radical (unpaired) electrons. The fourth-order valence-electron chi connectivity index (χ4n) is 5.29. The number of alkyl halides is 1. The van der Waals surface area contributed by atoms with Gasteiger partial charge in [-0.25, -0.2) is 27.1 Å². The SMILES string of the molecule is CCOc1ccccc1OCCBr.CCOc1ccccc1OCCN[C@H](C)Cc1ccc(CO)c(S(N)(=O)=O)c1.COc1ccc(C[C@@H](C)N)cc1S(N)(=O)=O. The number of para-hydroxylation sites is 4. The van der Waals surface area contributed by atoms with Crippen molar-refractivity contribution in [2.45, 2.75) is 69.0 Å². The van der Waals surface area contributed by atoms with Crippen molar-refractivity contribution >= 4 is 36.0 Å². The van der Waals surface area contributed by atoms with Crippen LogP contribution in [0.25, 0.3) is 0 Å². The summed E-state index contributed by atoms with van der Waals surface area (Å²) in [4.78, 5) is -0.0382. The Balaban J connectivity index is 0.000000326. The van der Waals surface area contributed by atoms with E-state index in [1.807, 2.05) is 76.2 Å². The molecule has 0 aliphatic rings. The number of hydrogen-bond acceptors (Lipinski definition) is 12. The highest BCUT2D eigenvalue weighted by molar-refractivity contribution is 9.09. The van der Waals surface area contributed by atoms with Crippen molar-refractivity contribution in [1.29, 1.82) is 0 Å². The summed E-state index contributed by atoms with van der Waals surface area (Å²) in [6.07, 6.45) is 1.20. The lowest BCUT2D eigenvalue weighted by Crippen LogP contribution is -2.32. The fraction of sp³-hybridized carbons (Fsp3) is 0.400. The first-order chi connectivity index (χ1) is 27.1. The maximum atomic E-state index is 11.7. The number of benzene rings is 4. The molecule has 4 aromatic carbocycles. The number of methoxy groups -OCH3 is 1. The predicted octanol–water partition coefficient (Wildman–Crippen LogP) is 4.92. The molecule has 8 N–H and O–H groups in total. The van der Waals surface area contributed by atoms with Gasteiger partial charge in [-0.05, 0) is 99.7 Å². The average Bonchev–Trinajstić information content (AvgIpc) is 3.16. The Morgan fingerprint density at radius 3 is 1.61 bits per heavy atom. The lowest BCUT2D eigenvalue weighted by molar-refractivity contribution is 0.272. The van der Waals surface area contributed by atoms with Gasteiger partial charge in [-0.2, -0.15) is 0 Å². The van der Waals surface area contributed by atoms with Crippen molar-refractivity contribution in [2.24, 2.45) is 16.0 Å². The monoisotopic (exact) mass is 896 g/mol. The van der Waals surface area contributed by atoms with Gasteiger partial charge in [0.2, 0.25) is 20.0 Å². The lowest BCUT2D eigenvalue weighted by Gasteiger charge is -2.16. The summed E-state index contributed by atoms with van der Waals surface area (Å²) in [5.74, 6) is 3.29. The Morgan fingerprint density at radius 2 is 1.16 bits per heavy atom. The first-order valence-electron chi connectivity index (χ1n) is 18.3. The number of aliphatic hydroxyl groups is 1. The molecule has 14 nitrogen and oxygen atoms in total. The second kappa shape index (κ2) is 25.4. The Labute approximate surface area is 346 Å². The van der Waals surface area contributed by atoms with Gasteiger partial charge in [-0.1, -0.05) is 58.4 Å². The molecule has 4 rings (SSSR count). The highest BCUT2D eigenvalue weighted by atomic mass is 79.9. The Bertz CT molecular complexity index is 2020. The van der Waals surface area contributed by atoms with Gasteiger partial charge in [0.15, 0.2) is 23.0 Å². The van der Waals surface area contributed by atoms with Gasteiger partial charge < -0.3 is 39.8 Å². The van der Waals surface area contributed by atoms with E-state index >= 15 is 0 Å². The number of rotatable bonds is 20. The van der Waals surface area contributed by atoms with E-state index in [1.165, 1.54) is 19.2 Å². The zero-order chi connectivity index (χ0) is 42.4. The summed E-state index contributed by atoms with van der Waals surface area (Å²) >= 11 is 3.30. The minimum absolute atomic E-state index is 0.00634. The Hall–Kier alpha value is -3.94. The maximum Gasteiger partial charge on any atom is 0.241 e. The molecule has 0 fully saturated rings. The minimum atomic E-state index is -3.88. The third-order valence-corrected chi connectivity index (χ3v) is 9.98. The summed E-state index contributed by atoms with van der Waals surface area (Å²) in [6.45, 7) is 10.4. The van der Waals surface area contributed by atoms with Crippen LogP contribution in [-0.2, 0) is 39.5 Å². The molecule has 0 saturated carbocycles. The number of ether oxygens (including phenoxy) is 5. The Kier molecular flexibility index (Phi) is 22.0. The van der Waals surface area contributed by atoms with Crippen LogP contribution in [0.4, 0.5) is 0 Å². The molecule has 0 unspecified atom stereocenters. The van der Waals surface area contributed by atoms with Crippen LogP contribution in [0.15, 0.2) is 94.7 Å². The van der Waals surface area contributed by atoms with E-state index in [1.54, 1.807) is 24.3 Å². The normalized spacial score (nSPS) is 12.2. The lowest BCUT2D eigenvalue weighted by atomic mass is 10.1. The van der Waals surface area contributed by atoms with E-state index in [9.17, 15) is 21.9 Å². The first kappa shape index (κ1) is 49.2. The zero-order valence-corrected chi connectivity index (χ0v) is 36.4. The number of aliphatic hydroxyl groups excluding tert-OH is 1. The van der Waals surface area contributed by atoms with E-state index in [0.717, 1.165) is 33.7 Å². The van der Waals surface area contributed by atoms with Gasteiger partial charge >= 0.3 is 0 Å². The molecule has 0 aliphatic carbocycles. The highest BCUT2D eigenvalue weighted by Crippen LogP contribution is 2.27. The van der Waals surface area contributed by atoms with Crippen molar-refractivity contribution in [2.75, 3.05) is 45.4 Å². The van der Waals surface area contributed by atoms with Crippen molar-refractivity contribution in [3.8, 4) is 28.7 Å². The maximum absolute atomic E-state index is 11.7. The quantitative estimate of drug-likeness (QED) is 0.0589.